The standard InChI is InChI=1S/C13H16FNO3/c1-9(17)12-6-10(14)2-3-13(12)15-4-5-18-8-11(15)7-16/h2-3,6,11,16H,4-5,7-8H2,1H3. The lowest BCUT2D eigenvalue weighted by atomic mass is 10.1. The Balaban J connectivity index is 2.39. The number of halogens is 1. The number of hydrogen-bond acceptors (Lipinski definition) is 4. The van der Waals surface area contributed by atoms with Crippen molar-refractivity contribution >= 4 is 11.5 Å². The fourth-order valence-corrected chi connectivity index (χ4v) is 2.16. The Morgan fingerprint density at radius 3 is 3.06 bits per heavy atom. The summed E-state index contributed by atoms with van der Waals surface area (Å²) in [6, 6.07) is 3.95. The normalized spacial score (nSPS) is 19.9. The number of carbonyl (C=O) groups is 1. The maximum atomic E-state index is 13.2. The zero-order chi connectivity index (χ0) is 13.1. The Labute approximate surface area is 105 Å². The Morgan fingerprint density at radius 2 is 2.39 bits per heavy atom. The highest BCUT2D eigenvalue weighted by Gasteiger charge is 2.25. The van der Waals surface area contributed by atoms with Crippen molar-refractivity contribution in [3.63, 3.8) is 0 Å². The van der Waals surface area contributed by atoms with Gasteiger partial charge in [0.2, 0.25) is 0 Å². The maximum absolute atomic E-state index is 13.2. The van der Waals surface area contributed by atoms with Crippen molar-refractivity contribution in [2.45, 2.75) is 13.0 Å². The topological polar surface area (TPSA) is 49.8 Å². The number of ether oxygens (including phenoxy) is 1. The first-order valence-electron chi connectivity index (χ1n) is 5.89. The van der Waals surface area contributed by atoms with E-state index in [0.717, 1.165) is 0 Å². The van der Waals surface area contributed by atoms with E-state index in [9.17, 15) is 14.3 Å². The van der Waals surface area contributed by atoms with Crippen molar-refractivity contribution < 1.29 is 19.0 Å². The number of rotatable bonds is 3. The molecule has 2 rings (SSSR count). The number of Topliss-reactive ketones (excluding diaryl/α,β-unsaturated/α-hetero) is 1. The third kappa shape index (κ3) is 2.52. The average molecular weight is 253 g/mol. The molecule has 1 heterocycles. The van der Waals surface area contributed by atoms with E-state index in [1.165, 1.54) is 19.1 Å². The van der Waals surface area contributed by atoms with Crippen LogP contribution in [0.15, 0.2) is 18.2 Å². The minimum absolute atomic E-state index is 0.0608. The van der Waals surface area contributed by atoms with E-state index in [1.807, 2.05) is 4.90 Å². The molecular weight excluding hydrogens is 237 g/mol. The predicted molar refractivity (Wildman–Crippen MR) is 65.4 cm³/mol. The van der Waals surface area contributed by atoms with Crippen LogP contribution in [0, 0.1) is 5.82 Å². The van der Waals surface area contributed by atoms with Gasteiger partial charge >= 0.3 is 0 Å². The van der Waals surface area contributed by atoms with Gasteiger partial charge in [-0.2, -0.15) is 0 Å². The molecule has 1 atom stereocenters. The summed E-state index contributed by atoms with van der Waals surface area (Å²) in [6.45, 7) is 2.87. The number of aliphatic hydroxyl groups excluding tert-OH is 1. The number of morpholine rings is 1. The molecule has 0 aromatic heterocycles. The fourth-order valence-electron chi connectivity index (χ4n) is 2.16. The molecule has 4 nitrogen and oxygen atoms in total. The van der Waals surface area contributed by atoms with Crippen LogP contribution in [0.25, 0.3) is 0 Å². The van der Waals surface area contributed by atoms with E-state index in [4.69, 9.17) is 4.74 Å². The van der Waals surface area contributed by atoms with Gasteiger partial charge in [0.25, 0.3) is 0 Å². The molecule has 5 heteroatoms. The summed E-state index contributed by atoms with van der Waals surface area (Å²) in [5.41, 5.74) is 1.00. The Morgan fingerprint density at radius 1 is 1.61 bits per heavy atom. The number of carbonyl (C=O) groups excluding carboxylic acids is 1. The summed E-state index contributed by atoms with van der Waals surface area (Å²) in [7, 11) is 0. The fraction of sp³-hybridized carbons (Fsp3) is 0.462. The van der Waals surface area contributed by atoms with Crippen molar-refractivity contribution in [3.05, 3.63) is 29.6 Å². The molecule has 1 fully saturated rings. The smallest absolute Gasteiger partial charge is 0.161 e. The average Bonchev–Trinajstić information content (AvgIpc) is 2.38. The molecule has 1 aromatic carbocycles. The predicted octanol–water partition coefficient (Wildman–Crippen LogP) is 1.23. The van der Waals surface area contributed by atoms with Crippen LogP contribution in [0.3, 0.4) is 0 Å². The quantitative estimate of drug-likeness (QED) is 0.823. The Bertz CT molecular complexity index is 450. The van der Waals surface area contributed by atoms with Gasteiger partial charge in [-0.05, 0) is 25.1 Å². The van der Waals surface area contributed by atoms with Gasteiger partial charge in [0.1, 0.15) is 5.82 Å². The second kappa shape index (κ2) is 5.46. The van der Waals surface area contributed by atoms with E-state index in [-0.39, 0.29) is 18.4 Å². The molecule has 1 aliphatic heterocycles. The molecule has 0 spiro atoms. The molecule has 1 aromatic rings. The lowest BCUT2D eigenvalue weighted by Gasteiger charge is -2.37. The molecule has 0 radical (unpaired) electrons. The lowest BCUT2D eigenvalue weighted by Crippen LogP contribution is -2.48. The van der Waals surface area contributed by atoms with Crippen LogP contribution in [-0.2, 0) is 4.74 Å². The zero-order valence-corrected chi connectivity index (χ0v) is 10.2. The molecule has 1 aliphatic rings. The summed E-state index contributed by atoms with van der Waals surface area (Å²) < 4.78 is 18.5. The van der Waals surface area contributed by atoms with Gasteiger partial charge in [-0.15, -0.1) is 0 Å². The summed E-state index contributed by atoms with van der Waals surface area (Å²) in [6.07, 6.45) is 0. The van der Waals surface area contributed by atoms with Crippen LogP contribution in [0.5, 0.6) is 0 Å². The molecule has 0 bridgehead atoms. The van der Waals surface area contributed by atoms with Gasteiger partial charge in [-0.25, -0.2) is 4.39 Å². The van der Waals surface area contributed by atoms with Crippen LogP contribution in [0.1, 0.15) is 17.3 Å². The van der Waals surface area contributed by atoms with Crippen molar-refractivity contribution in [1.82, 2.24) is 0 Å². The third-order valence-electron chi connectivity index (χ3n) is 3.09. The highest BCUT2D eigenvalue weighted by molar-refractivity contribution is 5.99. The van der Waals surface area contributed by atoms with Crippen LogP contribution >= 0.6 is 0 Å². The second-order valence-electron chi connectivity index (χ2n) is 4.32. The van der Waals surface area contributed by atoms with Crippen molar-refractivity contribution in [3.8, 4) is 0 Å². The van der Waals surface area contributed by atoms with E-state index in [1.54, 1.807) is 6.07 Å². The minimum atomic E-state index is -0.433. The van der Waals surface area contributed by atoms with E-state index in [2.05, 4.69) is 0 Å². The van der Waals surface area contributed by atoms with Gasteiger partial charge in [0.05, 0.1) is 25.9 Å². The van der Waals surface area contributed by atoms with Crippen LogP contribution in [-0.4, -0.2) is 43.3 Å². The number of nitrogens with zero attached hydrogens (tertiary/aromatic N) is 1. The molecule has 1 N–H and O–H groups in total. The molecule has 0 aliphatic carbocycles. The molecule has 1 saturated heterocycles. The maximum Gasteiger partial charge on any atom is 0.161 e. The van der Waals surface area contributed by atoms with Crippen molar-refractivity contribution in [1.29, 1.82) is 0 Å². The molecule has 0 amide bonds. The van der Waals surface area contributed by atoms with E-state index < -0.39 is 5.82 Å². The molecule has 0 saturated carbocycles. The first-order chi connectivity index (χ1) is 8.63. The van der Waals surface area contributed by atoms with Crippen molar-refractivity contribution in [2.75, 3.05) is 31.3 Å². The van der Waals surface area contributed by atoms with Gasteiger partial charge in [-0.1, -0.05) is 0 Å². The molecular formula is C13H16FNO3. The summed E-state index contributed by atoms with van der Waals surface area (Å²) in [4.78, 5) is 13.5. The minimum Gasteiger partial charge on any atom is -0.394 e. The SMILES string of the molecule is CC(=O)c1cc(F)ccc1N1CCOCC1CO. The Kier molecular flexibility index (Phi) is 3.93. The number of benzene rings is 1. The first-order valence-corrected chi connectivity index (χ1v) is 5.89. The number of aliphatic hydroxyl groups is 1. The molecule has 98 valence electrons. The third-order valence-corrected chi connectivity index (χ3v) is 3.09. The van der Waals surface area contributed by atoms with Crippen molar-refractivity contribution in [2.24, 2.45) is 0 Å². The van der Waals surface area contributed by atoms with Gasteiger partial charge in [0, 0.05) is 17.8 Å². The monoisotopic (exact) mass is 253 g/mol. The van der Waals surface area contributed by atoms with Crippen LogP contribution in [0.4, 0.5) is 10.1 Å². The second-order valence-corrected chi connectivity index (χ2v) is 4.32. The first kappa shape index (κ1) is 13.0. The highest BCUT2D eigenvalue weighted by Crippen LogP contribution is 2.25. The number of anilines is 1. The van der Waals surface area contributed by atoms with Gasteiger partial charge < -0.3 is 14.7 Å². The Hall–Kier alpha value is -1.46. The molecule has 18 heavy (non-hydrogen) atoms. The van der Waals surface area contributed by atoms with Gasteiger partial charge in [0.15, 0.2) is 5.78 Å². The number of hydrogen-bond donors (Lipinski definition) is 1. The summed E-state index contributed by atoms with van der Waals surface area (Å²) >= 11 is 0. The van der Waals surface area contributed by atoms with E-state index >= 15 is 0 Å². The van der Waals surface area contributed by atoms with Crippen LogP contribution in [0.2, 0.25) is 0 Å². The largest absolute Gasteiger partial charge is 0.394 e. The van der Waals surface area contributed by atoms with Crippen LogP contribution < -0.4 is 4.90 Å². The van der Waals surface area contributed by atoms with E-state index in [0.29, 0.717) is 31.0 Å². The molecule has 1 unspecified atom stereocenters. The lowest BCUT2D eigenvalue weighted by molar-refractivity contribution is 0.0724. The summed E-state index contributed by atoms with van der Waals surface area (Å²) in [5.74, 6) is -0.620. The van der Waals surface area contributed by atoms with Gasteiger partial charge in [-0.3, -0.25) is 4.79 Å². The summed E-state index contributed by atoms with van der Waals surface area (Å²) in [5, 5.41) is 9.33. The zero-order valence-electron chi connectivity index (χ0n) is 10.2. The highest BCUT2D eigenvalue weighted by atomic mass is 19.1. The number of ketones is 1.